The third-order valence-electron chi connectivity index (χ3n) is 4.29. The quantitative estimate of drug-likeness (QED) is 0.877. The first-order valence-corrected chi connectivity index (χ1v) is 6.93. The van der Waals surface area contributed by atoms with Gasteiger partial charge < -0.3 is 11.1 Å². The molecule has 0 amide bonds. The summed E-state index contributed by atoms with van der Waals surface area (Å²) >= 11 is 0. The van der Waals surface area contributed by atoms with E-state index in [4.69, 9.17) is 5.73 Å². The van der Waals surface area contributed by atoms with Gasteiger partial charge in [0.1, 0.15) is 5.69 Å². The molecule has 6 heteroatoms. The van der Waals surface area contributed by atoms with E-state index in [1.54, 1.807) is 0 Å². The number of halogens is 3. The largest absolute Gasteiger partial charge is 0.433 e. The van der Waals surface area contributed by atoms with Crippen LogP contribution in [0.4, 0.5) is 24.5 Å². The van der Waals surface area contributed by atoms with Crippen molar-refractivity contribution >= 4 is 11.4 Å². The van der Waals surface area contributed by atoms with Gasteiger partial charge in [-0.2, -0.15) is 13.2 Å². The van der Waals surface area contributed by atoms with Gasteiger partial charge in [-0.05, 0) is 30.7 Å². The molecule has 1 aromatic heterocycles. The molecule has 1 aliphatic rings. The van der Waals surface area contributed by atoms with Crippen LogP contribution in [0.15, 0.2) is 12.3 Å². The Balaban J connectivity index is 2.12. The number of nitrogens with one attached hydrogen (secondary N) is 1. The maximum absolute atomic E-state index is 12.7. The Bertz CT molecular complexity index is 465. The van der Waals surface area contributed by atoms with Gasteiger partial charge in [0.2, 0.25) is 0 Å². The van der Waals surface area contributed by atoms with E-state index >= 15 is 0 Å². The molecule has 1 aromatic rings. The lowest BCUT2D eigenvalue weighted by Gasteiger charge is -2.28. The maximum atomic E-state index is 12.7. The van der Waals surface area contributed by atoms with Crippen molar-refractivity contribution in [1.29, 1.82) is 0 Å². The Morgan fingerprint density at radius 3 is 2.55 bits per heavy atom. The molecule has 0 radical (unpaired) electrons. The highest BCUT2D eigenvalue weighted by molar-refractivity contribution is 5.65. The summed E-state index contributed by atoms with van der Waals surface area (Å²) in [7, 11) is 0. The van der Waals surface area contributed by atoms with Crippen molar-refractivity contribution in [2.75, 3.05) is 17.6 Å². The molecule has 0 aromatic carbocycles. The van der Waals surface area contributed by atoms with Gasteiger partial charge in [-0.15, -0.1) is 0 Å². The zero-order valence-electron chi connectivity index (χ0n) is 11.6. The molecule has 20 heavy (non-hydrogen) atoms. The first-order valence-electron chi connectivity index (χ1n) is 6.93. The van der Waals surface area contributed by atoms with E-state index in [-0.39, 0.29) is 11.1 Å². The van der Waals surface area contributed by atoms with Crippen LogP contribution < -0.4 is 11.1 Å². The number of nitrogens with zero attached hydrogens (tertiary/aromatic N) is 1. The lowest BCUT2D eigenvalue weighted by Crippen LogP contribution is -2.26. The third-order valence-corrected chi connectivity index (χ3v) is 4.29. The predicted octanol–water partition coefficient (Wildman–Crippen LogP) is 4.06. The summed E-state index contributed by atoms with van der Waals surface area (Å²) in [6.45, 7) is 2.79. The zero-order chi connectivity index (χ0) is 14.8. The summed E-state index contributed by atoms with van der Waals surface area (Å²) < 4.78 is 38.0. The minimum atomic E-state index is -4.44. The normalized spacial score (nSPS) is 18.2. The fourth-order valence-electron chi connectivity index (χ4n) is 2.84. The average Bonchev–Trinajstić information content (AvgIpc) is 2.86. The molecular formula is C14H20F3N3. The zero-order valence-corrected chi connectivity index (χ0v) is 11.6. The molecule has 1 heterocycles. The third kappa shape index (κ3) is 3.16. The van der Waals surface area contributed by atoms with Crippen LogP contribution in [0.5, 0.6) is 0 Å². The number of nitrogens with two attached hydrogens (primary N) is 1. The Morgan fingerprint density at radius 2 is 2.00 bits per heavy atom. The number of alkyl halides is 3. The number of hydrogen-bond acceptors (Lipinski definition) is 3. The molecule has 0 bridgehead atoms. The van der Waals surface area contributed by atoms with Crippen molar-refractivity contribution in [3.05, 3.63) is 18.0 Å². The number of pyridine rings is 1. The minimum absolute atomic E-state index is 0.189. The number of nitrogen functional groups attached to an aromatic ring is 1. The van der Waals surface area contributed by atoms with Gasteiger partial charge in [-0.3, -0.25) is 0 Å². The van der Waals surface area contributed by atoms with Crippen molar-refractivity contribution in [1.82, 2.24) is 4.98 Å². The van der Waals surface area contributed by atoms with Crippen molar-refractivity contribution < 1.29 is 13.2 Å². The molecule has 1 saturated carbocycles. The summed E-state index contributed by atoms with van der Waals surface area (Å²) in [4.78, 5) is 3.34. The second kappa shape index (κ2) is 5.50. The maximum Gasteiger partial charge on any atom is 0.433 e. The lowest BCUT2D eigenvalue weighted by molar-refractivity contribution is -0.141. The molecule has 0 atom stereocenters. The molecule has 0 saturated heterocycles. The summed E-state index contributed by atoms with van der Waals surface area (Å²) in [5.74, 6) is 0. The van der Waals surface area contributed by atoms with Crippen molar-refractivity contribution in [3.8, 4) is 0 Å². The summed E-state index contributed by atoms with van der Waals surface area (Å²) in [5, 5.41) is 3.09. The summed E-state index contributed by atoms with van der Waals surface area (Å²) in [6, 6.07) is 0.994. The van der Waals surface area contributed by atoms with Crippen molar-refractivity contribution in [3.63, 3.8) is 0 Å². The Labute approximate surface area is 116 Å². The van der Waals surface area contributed by atoms with Gasteiger partial charge in [0.05, 0.1) is 17.6 Å². The Morgan fingerprint density at radius 1 is 1.35 bits per heavy atom. The lowest BCUT2D eigenvalue weighted by atomic mass is 9.83. The second-order valence-corrected chi connectivity index (χ2v) is 5.57. The van der Waals surface area contributed by atoms with Crippen LogP contribution in [-0.2, 0) is 6.18 Å². The van der Waals surface area contributed by atoms with Crippen LogP contribution in [0, 0.1) is 5.41 Å². The van der Waals surface area contributed by atoms with Crippen LogP contribution >= 0.6 is 0 Å². The molecule has 0 unspecified atom stereocenters. The minimum Gasteiger partial charge on any atom is -0.396 e. The first-order chi connectivity index (χ1) is 9.36. The standard InChI is InChI=1S/C14H20F3N3/c1-2-13(5-3-4-6-13)9-20-11-7-12(14(15,16)17)19-8-10(11)18/h7-8H,2-6,9,18H2,1H3,(H,19,20). The number of rotatable bonds is 4. The smallest absolute Gasteiger partial charge is 0.396 e. The number of aromatic nitrogens is 1. The van der Waals surface area contributed by atoms with Crippen LogP contribution in [-0.4, -0.2) is 11.5 Å². The van der Waals surface area contributed by atoms with Gasteiger partial charge >= 0.3 is 6.18 Å². The second-order valence-electron chi connectivity index (χ2n) is 5.57. The fraction of sp³-hybridized carbons (Fsp3) is 0.643. The predicted molar refractivity (Wildman–Crippen MR) is 73.3 cm³/mol. The van der Waals surface area contributed by atoms with Crippen molar-refractivity contribution in [2.45, 2.75) is 45.2 Å². The molecule has 1 aliphatic carbocycles. The van der Waals surface area contributed by atoms with E-state index in [0.29, 0.717) is 12.2 Å². The van der Waals surface area contributed by atoms with Crippen molar-refractivity contribution in [2.24, 2.45) is 5.41 Å². The molecule has 112 valence electrons. The van der Waals surface area contributed by atoms with Gasteiger partial charge in [-0.25, -0.2) is 4.98 Å². The Hall–Kier alpha value is -1.46. The SMILES string of the molecule is CCC1(CNc2cc(C(F)(F)F)ncc2N)CCCC1. The summed E-state index contributed by atoms with van der Waals surface area (Å²) in [6.07, 6.45) is 2.26. The molecular weight excluding hydrogens is 267 g/mol. The molecule has 0 aliphatic heterocycles. The Kier molecular flexibility index (Phi) is 4.11. The van der Waals surface area contributed by atoms with Crippen LogP contribution in [0.25, 0.3) is 0 Å². The molecule has 0 spiro atoms. The van der Waals surface area contributed by atoms with Gasteiger partial charge in [-0.1, -0.05) is 19.8 Å². The van der Waals surface area contributed by atoms with E-state index in [9.17, 15) is 13.2 Å². The van der Waals surface area contributed by atoms with Gasteiger partial charge in [0, 0.05) is 6.54 Å². The molecule has 2 rings (SSSR count). The highest BCUT2D eigenvalue weighted by atomic mass is 19.4. The molecule has 3 nitrogen and oxygen atoms in total. The van der Waals surface area contributed by atoms with E-state index in [1.165, 1.54) is 12.8 Å². The van der Waals surface area contributed by atoms with Gasteiger partial charge in [0.15, 0.2) is 0 Å². The molecule has 1 fully saturated rings. The van der Waals surface area contributed by atoms with Crippen LogP contribution in [0.1, 0.15) is 44.7 Å². The fourth-order valence-corrected chi connectivity index (χ4v) is 2.84. The van der Waals surface area contributed by atoms with E-state index in [1.807, 2.05) is 0 Å². The van der Waals surface area contributed by atoms with E-state index in [0.717, 1.165) is 31.5 Å². The molecule has 3 N–H and O–H groups in total. The van der Waals surface area contributed by atoms with E-state index < -0.39 is 11.9 Å². The average molecular weight is 287 g/mol. The first kappa shape index (κ1) is 14.9. The van der Waals surface area contributed by atoms with Crippen LogP contribution in [0.2, 0.25) is 0 Å². The monoisotopic (exact) mass is 287 g/mol. The van der Waals surface area contributed by atoms with Crippen LogP contribution in [0.3, 0.4) is 0 Å². The van der Waals surface area contributed by atoms with E-state index in [2.05, 4.69) is 17.2 Å². The summed E-state index contributed by atoms with van der Waals surface area (Å²) in [5.41, 5.74) is 5.57. The number of hydrogen-bond donors (Lipinski definition) is 2. The highest BCUT2D eigenvalue weighted by Gasteiger charge is 2.34. The topological polar surface area (TPSA) is 50.9 Å². The van der Waals surface area contributed by atoms with Gasteiger partial charge in [0.25, 0.3) is 0 Å². The number of anilines is 2. The highest BCUT2D eigenvalue weighted by Crippen LogP contribution is 2.41.